The summed E-state index contributed by atoms with van der Waals surface area (Å²) in [4.78, 5) is 7.94. The van der Waals surface area contributed by atoms with Gasteiger partial charge in [-0.3, -0.25) is 4.90 Å². The molecule has 2 atom stereocenters. The fourth-order valence-electron chi connectivity index (χ4n) is 2.97. The Morgan fingerprint density at radius 1 is 1.26 bits per heavy atom. The molecule has 2 unspecified atom stereocenters. The lowest BCUT2D eigenvalue weighted by Gasteiger charge is -2.40. The van der Waals surface area contributed by atoms with Gasteiger partial charge in [0.15, 0.2) is 0 Å². The summed E-state index contributed by atoms with van der Waals surface area (Å²) in [7, 11) is 0. The normalized spacial score (nSPS) is 21.5. The quantitative estimate of drug-likeness (QED) is 0.900. The van der Waals surface area contributed by atoms with Crippen LogP contribution in [0.15, 0.2) is 12.1 Å². The van der Waals surface area contributed by atoms with Crippen molar-refractivity contribution in [3.63, 3.8) is 0 Å². The molecule has 1 fully saturated rings. The fraction of sp³-hybridized carbons (Fsp3) is 0.733. The Labute approximate surface area is 121 Å². The lowest BCUT2D eigenvalue weighted by molar-refractivity contribution is 0.0883. The van der Waals surface area contributed by atoms with Gasteiger partial charge in [0, 0.05) is 42.0 Å². The summed E-state index contributed by atoms with van der Waals surface area (Å²) in [5, 5.41) is 0. The molecule has 2 N–H and O–H groups in total. The van der Waals surface area contributed by atoms with Gasteiger partial charge in [0.1, 0.15) is 0 Å². The number of aryl methyl sites for hydroxylation is 1. The molecular formula is C15H27N3S. The van der Waals surface area contributed by atoms with E-state index in [0.29, 0.717) is 6.04 Å². The van der Waals surface area contributed by atoms with Crippen LogP contribution in [-0.4, -0.2) is 48.6 Å². The molecule has 1 aliphatic heterocycles. The Morgan fingerprint density at radius 3 is 2.42 bits per heavy atom. The highest BCUT2D eigenvalue weighted by molar-refractivity contribution is 7.12. The molecule has 19 heavy (non-hydrogen) atoms. The first kappa shape index (κ1) is 15.0. The van der Waals surface area contributed by atoms with E-state index in [-0.39, 0.29) is 6.04 Å². The first-order chi connectivity index (χ1) is 9.11. The predicted molar refractivity (Wildman–Crippen MR) is 83.8 cm³/mol. The van der Waals surface area contributed by atoms with Crippen molar-refractivity contribution in [2.75, 3.05) is 32.7 Å². The minimum Gasteiger partial charge on any atom is -0.326 e. The summed E-state index contributed by atoms with van der Waals surface area (Å²) < 4.78 is 0. The standard InChI is InChI=1S/C15H27N3S/c1-4-7-17-8-10-18(11-9-17)15(13(3)16)14-6-5-12(2)19-14/h5-6,13,15H,4,7-11,16H2,1-3H3. The second kappa shape index (κ2) is 6.84. The summed E-state index contributed by atoms with van der Waals surface area (Å²) in [6.45, 7) is 12.4. The Hall–Kier alpha value is -0.420. The number of hydrogen-bond donors (Lipinski definition) is 1. The van der Waals surface area contributed by atoms with E-state index >= 15 is 0 Å². The molecule has 1 aliphatic rings. The van der Waals surface area contributed by atoms with Gasteiger partial charge in [-0.25, -0.2) is 0 Å². The maximum absolute atomic E-state index is 6.25. The summed E-state index contributed by atoms with van der Waals surface area (Å²) in [6, 6.07) is 5.05. The van der Waals surface area contributed by atoms with Crippen LogP contribution in [0.3, 0.4) is 0 Å². The van der Waals surface area contributed by atoms with Crippen molar-refractivity contribution in [3.8, 4) is 0 Å². The smallest absolute Gasteiger partial charge is 0.0591 e. The van der Waals surface area contributed by atoms with Crippen molar-refractivity contribution in [2.24, 2.45) is 5.73 Å². The van der Waals surface area contributed by atoms with E-state index in [2.05, 4.69) is 42.7 Å². The molecule has 0 bridgehead atoms. The van der Waals surface area contributed by atoms with E-state index in [1.165, 1.54) is 35.8 Å². The minimum absolute atomic E-state index is 0.191. The minimum atomic E-state index is 0.191. The molecule has 108 valence electrons. The van der Waals surface area contributed by atoms with Gasteiger partial charge in [0.25, 0.3) is 0 Å². The zero-order chi connectivity index (χ0) is 13.8. The third kappa shape index (κ3) is 3.78. The molecule has 4 heteroatoms. The summed E-state index contributed by atoms with van der Waals surface area (Å²) in [5.41, 5.74) is 6.25. The van der Waals surface area contributed by atoms with E-state index in [1.54, 1.807) is 0 Å². The largest absolute Gasteiger partial charge is 0.326 e. The summed E-state index contributed by atoms with van der Waals surface area (Å²) in [5.74, 6) is 0. The first-order valence-electron chi connectivity index (χ1n) is 7.40. The lowest BCUT2D eigenvalue weighted by atomic mass is 10.1. The van der Waals surface area contributed by atoms with Gasteiger partial charge in [0.2, 0.25) is 0 Å². The fourth-order valence-corrected chi connectivity index (χ4v) is 4.09. The second-order valence-corrected chi connectivity index (χ2v) is 6.95. The average molecular weight is 281 g/mol. The third-order valence-electron chi connectivity index (χ3n) is 3.89. The highest BCUT2D eigenvalue weighted by atomic mass is 32.1. The lowest BCUT2D eigenvalue weighted by Crippen LogP contribution is -2.50. The van der Waals surface area contributed by atoms with Crippen molar-refractivity contribution in [2.45, 2.75) is 39.3 Å². The van der Waals surface area contributed by atoms with Gasteiger partial charge < -0.3 is 10.6 Å². The van der Waals surface area contributed by atoms with Crippen molar-refractivity contribution in [1.82, 2.24) is 9.80 Å². The van der Waals surface area contributed by atoms with E-state index in [4.69, 9.17) is 5.73 Å². The molecule has 0 spiro atoms. The van der Waals surface area contributed by atoms with E-state index in [0.717, 1.165) is 13.1 Å². The number of nitrogens with zero attached hydrogens (tertiary/aromatic N) is 2. The number of hydrogen-bond acceptors (Lipinski definition) is 4. The van der Waals surface area contributed by atoms with Gasteiger partial charge in [-0.05, 0) is 38.9 Å². The molecule has 0 saturated carbocycles. The highest BCUT2D eigenvalue weighted by Gasteiger charge is 2.28. The van der Waals surface area contributed by atoms with Crippen molar-refractivity contribution < 1.29 is 0 Å². The van der Waals surface area contributed by atoms with Crippen LogP contribution < -0.4 is 5.73 Å². The molecule has 2 heterocycles. The van der Waals surface area contributed by atoms with Crippen LogP contribution >= 0.6 is 11.3 Å². The van der Waals surface area contributed by atoms with Crippen molar-refractivity contribution in [3.05, 3.63) is 21.9 Å². The van der Waals surface area contributed by atoms with E-state index < -0.39 is 0 Å². The number of piperazine rings is 1. The number of thiophene rings is 1. The van der Waals surface area contributed by atoms with E-state index in [9.17, 15) is 0 Å². The summed E-state index contributed by atoms with van der Waals surface area (Å²) >= 11 is 1.89. The second-order valence-electron chi connectivity index (χ2n) is 5.63. The Bertz CT molecular complexity index is 380. The molecule has 0 aromatic carbocycles. The first-order valence-corrected chi connectivity index (χ1v) is 8.21. The van der Waals surface area contributed by atoms with Crippen LogP contribution in [0.2, 0.25) is 0 Å². The number of rotatable bonds is 5. The molecule has 1 aromatic heterocycles. The maximum Gasteiger partial charge on any atom is 0.0591 e. The SMILES string of the molecule is CCCN1CCN(C(c2ccc(C)s2)C(C)N)CC1. The Balaban J connectivity index is 2.01. The molecular weight excluding hydrogens is 254 g/mol. The van der Waals surface area contributed by atoms with Crippen LogP contribution in [-0.2, 0) is 0 Å². The molecule has 0 amide bonds. The summed E-state index contributed by atoms with van der Waals surface area (Å²) in [6.07, 6.45) is 1.25. The van der Waals surface area contributed by atoms with Crippen molar-refractivity contribution in [1.29, 1.82) is 0 Å². The van der Waals surface area contributed by atoms with Gasteiger partial charge >= 0.3 is 0 Å². The molecule has 0 aliphatic carbocycles. The third-order valence-corrected chi connectivity index (χ3v) is 4.96. The van der Waals surface area contributed by atoms with Crippen LogP contribution in [0.5, 0.6) is 0 Å². The Morgan fingerprint density at radius 2 is 1.95 bits per heavy atom. The molecule has 1 saturated heterocycles. The molecule has 2 rings (SSSR count). The van der Waals surface area contributed by atoms with E-state index in [1.807, 2.05) is 11.3 Å². The molecule has 1 aromatic rings. The van der Waals surface area contributed by atoms with Crippen molar-refractivity contribution >= 4 is 11.3 Å². The highest BCUT2D eigenvalue weighted by Crippen LogP contribution is 2.30. The maximum atomic E-state index is 6.25. The zero-order valence-electron chi connectivity index (χ0n) is 12.4. The topological polar surface area (TPSA) is 32.5 Å². The van der Waals surface area contributed by atoms with Crippen LogP contribution in [0.4, 0.5) is 0 Å². The van der Waals surface area contributed by atoms with Gasteiger partial charge in [-0.15, -0.1) is 11.3 Å². The van der Waals surface area contributed by atoms with Crippen LogP contribution in [0, 0.1) is 6.92 Å². The average Bonchev–Trinajstić information content (AvgIpc) is 2.78. The monoisotopic (exact) mass is 281 g/mol. The molecule has 0 radical (unpaired) electrons. The zero-order valence-corrected chi connectivity index (χ0v) is 13.2. The van der Waals surface area contributed by atoms with Crippen LogP contribution in [0.25, 0.3) is 0 Å². The number of nitrogens with two attached hydrogens (primary N) is 1. The predicted octanol–water partition coefficient (Wildman–Crippen LogP) is 2.47. The van der Waals surface area contributed by atoms with Gasteiger partial charge in [-0.1, -0.05) is 6.92 Å². The van der Waals surface area contributed by atoms with Gasteiger partial charge in [-0.2, -0.15) is 0 Å². The van der Waals surface area contributed by atoms with Gasteiger partial charge in [0.05, 0.1) is 6.04 Å². The van der Waals surface area contributed by atoms with Crippen LogP contribution in [0.1, 0.15) is 36.1 Å². The Kier molecular flexibility index (Phi) is 5.39. The molecule has 3 nitrogen and oxygen atoms in total.